The third-order valence-electron chi connectivity index (χ3n) is 2.95. The topological polar surface area (TPSA) is 67.8 Å². The van der Waals surface area contributed by atoms with Crippen molar-refractivity contribution in [3.63, 3.8) is 0 Å². The molecule has 0 bridgehead atoms. The molecule has 0 saturated carbocycles. The molecular weight excluding hydrogens is 266 g/mol. The van der Waals surface area contributed by atoms with E-state index >= 15 is 0 Å². The molecule has 0 aromatic heterocycles. The normalized spacial score (nSPS) is 16.3. The summed E-state index contributed by atoms with van der Waals surface area (Å²) < 4.78 is 21.7. The number of hydrogen-bond donors (Lipinski definition) is 2. The van der Waals surface area contributed by atoms with E-state index in [1.165, 1.54) is 0 Å². The molecule has 1 aromatic rings. The summed E-state index contributed by atoms with van der Waals surface area (Å²) >= 11 is 0. The molecule has 106 valence electrons. The third kappa shape index (κ3) is 3.92. The van der Waals surface area contributed by atoms with Crippen molar-refractivity contribution in [1.29, 1.82) is 0 Å². The predicted octanol–water partition coefficient (Wildman–Crippen LogP) is 0.807. The van der Waals surface area contributed by atoms with Gasteiger partial charge in [0.25, 0.3) is 0 Å². The van der Waals surface area contributed by atoms with Crippen LogP contribution >= 0.6 is 0 Å². The summed E-state index contributed by atoms with van der Waals surface area (Å²) in [5.41, 5.74) is 0.786. The molecule has 19 heavy (non-hydrogen) atoms. The number of ether oxygens (including phenoxy) is 2. The highest BCUT2D eigenvalue weighted by molar-refractivity contribution is 7.84. The molecule has 0 amide bonds. The van der Waals surface area contributed by atoms with Crippen LogP contribution in [0.15, 0.2) is 18.2 Å². The van der Waals surface area contributed by atoms with Gasteiger partial charge in [-0.05, 0) is 17.7 Å². The third-order valence-corrected chi connectivity index (χ3v) is 4.25. The molecule has 0 saturated heterocycles. The fourth-order valence-corrected chi connectivity index (χ4v) is 2.47. The zero-order valence-corrected chi connectivity index (χ0v) is 11.7. The maximum absolute atomic E-state index is 11.2. The number of hydrogen-bond acceptors (Lipinski definition) is 5. The number of aliphatic hydroxyl groups is 1. The van der Waals surface area contributed by atoms with Crippen LogP contribution in [0.5, 0.6) is 11.5 Å². The van der Waals surface area contributed by atoms with Crippen LogP contribution in [0.1, 0.15) is 18.6 Å². The molecule has 0 radical (unpaired) electrons. The minimum absolute atomic E-state index is 0.232. The van der Waals surface area contributed by atoms with Gasteiger partial charge in [-0.25, -0.2) is 0 Å². The molecule has 0 spiro atoms. The molecule has 2 N–H and O–H groups in total. The lowest BCUT2D eigenvalue weighted by molar-refractivity contribution is 0.170. The van der Waals surface area contributed by atoms with Gasteiger partial charge in [-0.15, -0.1) is 0 Å². The van der Waals surface area contributed by atoms with Crippen molar-refractivity contribution in [1.82, 2.24) is 5.32 Å². The smallest absolute Gasteiger partial charge is 0.231 e. The van der Waals surface area contributed by atoms with Gasteiger partial charge in [-0.1, -0.05) is 13.0 Å². The van der Waals surface area contributed by atoms with Gasteiger partial charge in [-0.3, -0.25) is 4.21 Å². The molecule has 1 aromatic carbocycles. The summed E-state index contributed by atoms with van der Waals surface area (Å²) in [6, 6.07) is 5.41. The Bertz CT molecular complexity index is 452. The minimum Gasteiger partial charge on any atom is -0.454 e. The molecule has 5 nitrogen and oxygen atoms in total. The van der Waals surface area contributed by atoms with E-state index in [1.807, 2.05) is 13.0 Å². The second kappa shape index (κ2) is 6.88. The molecule has 2 unspecified atom stereocenters. The highest BCUT2D eigenvalue weighted by atomic mass is 32.2. The number of aliphatic hydroxyl groups excluding tert-OH is 1. The minimum atomic E-state index is -0.767. The van der Waals surface area contributed by atoms with Gasteiger partial charge in [0, 0.05) is 35.4 Å². The van der Waals surface area contributed by atoms with E-state index in [0.717, 1.165) is 5.56 Å². The Morgan fingerprint density at radius 2 is 2.21 bits per heavy atom. The van der Waals surface area contributed by atoms with Crippen LogP contribution in [0.2, 0.25) is 0 Å². The molecule has 0 aliphatic carbocycles. The van der Waals surface area contributed by atoms with E-state index in [1.54, 1.807) is 12.1 Å². The number of benzene rings is 1. The molecular formula is C13H19NO4S. The second-order valence-electron chi connectivity index (χ2n) is 4.27. The van der Waals surface area contributed by atoms with Crippen molar-refractivity contribution in [3.8, 4) is 11.5 Å². The molecule has 2 atom stereocenters. The monoisotopic (exact) mass is 285 g/mol. The van der Waals surface area contributed by atoms with Gasteiger partial charge in [0.15, 0.2) is 11.5 Å². The maximum atomic E-state index is 11.2. The quantitative estimate of drug-likeness (QED) is 0.726. The summed E-state index contributed by atoms with van der Waals surface area (Å²) in [7, 11) is -0.767. The first-order valence-corrected chi connectivity index (χ1v) is 7.83. The highest BCUT2D eigenvalue weighted by Crippen LogP contribution is 2.33. The van der Waals surface area contributed by atoms with Crippen LogP contribution in [-0.2, 0) is 10.8 Å². The molecule has 2 rings (SSSR count). The zero-order chi connectivity index (χ0) is 13.7. The van der Waals surface area contributed by atoms with E-state index in [4.69, 9.17) is 9.47 Å². The van der Waals surface area contributed by atoms with Crippen molar-refractivity contribution in [3.05, 3.63) is 23.8 Å². The summed E-state index contributed by atoms with van der Waals surface area (Å²) in [5, 5.41) is 13.1. The summed E-state index contributed by atoms with van der Waals surface area (Å²) in [6.07, 6.45) is -0.607. The van der Waals surface area contributed by atoms with Gasteiger partial charge in [0.1, 0.15) is 0 Å². The van der Waals surface area contributed by atoms with E-state index in [0.29, 0.717) is 36.1 Å². The molecule has 0 fully saturated rings. The lowest BCUT2D eigenvalue weighted by atomic mass is 10.1. The SMILES string of the molecule is CCS(=O)CCNCC(O)c1ccc2c(c1)OCO2. The van der Waals surface area contributed by atoms with Crippen LogP contribution in [0, 0.1) is 0 Å². The van der Waals surface area contributed by atoms with Gasteiger partial charge in [0.2, 0.25) is 6.79 Å². The molecule has 1 aliphatic heterocycles. The Morgan fingerprint density at radius 1 is 1.42 bits per heavy atom. The average Bonchev–Trinajstić information content (AvgIpc) is 2.90. The van der Waals surface area contributed by atoms with Crippen LogP contribution in [-0.4, -0.2) is 40.7 Å². The van der Waals surface area contributed by atoms with Gasteiger partial charge in [-0.2, -0.15) is 0 Å². The Morgan fingerprint density at radius 3 is 3.00 bits per heavy atom. The molecule has 6 heteroatoms. The Kier molecular flexibility index (Phi) is 5.18. The van der Waals surface area contributed by atoms with Crippen molar-refractivity contribution in [2.75, 3.05) is 31.4 Å². The Labute approximate surface area is 115 Å². The largest absolute Gasteiger partial charge is 0.454 e. The van der Waals surface area contributed by atoms with Gasteiger partial charge < -0.3 is 19.9 Å². The van der Waals surface area contributed by atoms with Crippen molar-refractivity contribution in [2.45, 2.75) is 13.0 Å². The number of rotatable bonds is 7. The van der Waals surface area contributed by atoms with E-state index < -0.39 is 16.9 Å². The van der Waals surface area contributed by atoms with Gasteiger partial charge >= 0.3 is 0 Å². The first-order valence-electron chi connectivity index (χ1n) is 6.34. The Hall–Kier alpha value is -1.11. The lowest BCUT2D eigenvalue weighted by Gasteiger charge is -2.12. The predicted molar refractivity (Wildman–Crippen MR) is 73.9 cm³/mol. The fraction of sp³-hybridized carbons (Fsp3) is 0.538. The highest BCUT2D eigenvalue weighted by Gasteiger charge is 2.16. The second-order valence-corrected chi connectivity index (χ2v) is 6.13. The zero-order valence-electron chi connectivity index (χ0n) is 10.9. The van der Waals surface area contributed by atoms with Crippen LogP contribution in [0.3, 0.4) is 0 Å². The summed E-state index contributed by atoms with van der Waals surface area (Å²) in [4.78, 5) is 0. The van der Waals surface area contributed by atoms with Crippen molar-refractivity contribution in [2.24, 2.45) is 0 Å². The van der Waals surface area contributed by atoms with Crippen LogP contribution in [0.25, 0.3) is 0 Å². The molecule has 1 aliphatic rings. The molecule has 1 heterocycles. The summed E-state index contributed by atoms with van der Waals surface area (Å²) in [6.45, 7) is 3.20. The number of nitrogens with one attached hydrogen (secondary N) is 1. The van der Waals surface area contributed by atoms with Crippen molar-refractivity contribution >= 4 is 10.8 Å². The first kappa shape index (κ1) is 14.3. The van der Waals surface area contributed by atoms with E-state index in [-0.39, 0.29) is 6.79 Å². The standard InChI is InChI=1S/C13H19NO4S/c1-2-19(16)6-5-14-8-11(15)10-3-4-12-13(7-10)18-9-17-12/h3-4,7,11,14-15H,2,5-6,8-9H2,1H3. The van der Waals surface area contributed by atoms with E-state index in [2.05, 4.69) is 5.32 Å². The lowest BCUT2D eigenvalue weighted by Crippen LogP contribution is -2.26. The summed E-state index contributed by atoms with van der Waals surface area (Å²) in [5.74, 6) is 2.67. The first-order chi connectivity index (χ1) is 9.20. The van der Waals surface area contributed by atoms with Crippen LogP contribution < -0.4 is 14.8 Å². The van der Waals surface area contributed by atoms with Gasteiger partial charge in [0.05, 0.1) is 6.10 Å². The van der Waals surface area contributed by atoms with E-state index in [9.17, 15) is 9.32 Å². The van der Waals surface area contributed by atoms with Crippen LogP contribution in [0.4, 0.5) is 0 Å². The van der Waals surface area contributed by atoms with Crippen molar-refractivity contribution < 1.29 is 18.8 Å². The fourth-order valence-electron chi connectivity index (χ4n) is 1.81. The number of fused-ring (bicyclic) bond motifs is 1. The maximum Gasteiger partial charge on any atom is 0.231 e. The average molecular weight is 285 g/mol. The Balaban J connectivity index is 1.80.